The average molecular weight is 671 g/mol. The third kappa shape index (κ3) is 14.0. The predicted molar refractivity (Wildman–Crippen MR) is 220 cm³/mol. The summed E-state index contributed by atoms with van der Waals surface area (Å²) in [6.07, 6.45) is 4.44. The standard InChI is InChI=1S/C17H29N.C15H25N.C15H24/c1-11(2)8-15-10-18-14(7)17(13(5)6)16(15)9-12(3)4;1-9(2)13-8-14(10(3)4)16-12(7)15(13)11(5)6;1-10(2)13-7-14(11(3)4)9-15(8-13)12(5)6/h10-13H,8-9H2,1-7H3;8-11H,1-7H3;7-12H,1-6H3. The van der Waals surface area contributed by atoms with Gasteiger partial charge in [0.2, 0.25) is 0 Å². The number of hydrogen-bond donors (Lipinski definition) is 0. The van der Waals surface area contributed by atoms with Crippen LogP contribution in [0.2, 0.25) is 0 Å². The van der Waals surface area contributed by atoms with Crippen LogP contribution in [-0.2, 0) is 12.8 Å². The van der Waals surface area contributed by atoms with Gasteiger partial charge in [-0.1, -0.05) is 143 Å². The second kappa shape index (κ2) is 20.4. The van der Waals surface area contributed by atoms with E-state index in [2.05, 4.69) is 174 Å². The van der Waals surface area contributed by atoms with Crippen molar-refractivity contribution in [1.82, 2.24) is 9.97 Å². The lowest BCUT2D eigenvalue weighted by Gasteiger charge is -2.21. The Morgan fingerprint density at radius 3 is 1.20 bits per heavy atom. The number of benzene rings is 1. The molecule has 0 aliphatic carbocycles. The average Bonchev–Trinajstić information content (AvgIpc) is 2.97. The molecule has 0 spiro atoms. The van der Waals surface area contributed by atoms with E-state index in [-0.39, 0.29) is 0 Å². The molecule has 0 aliphatic rings. The normalized spacial score (nSPS) is 11.9. The second-order valence-corrected chi connectivity index (χ2v) is 17.6. The van der Waals surface area contributed by atoms with Crippen molar-refractivity contribution < 1.29 is 0 Å². The Hall–Kier alpha value is -2.48. The van der Waals surface area contributed by atoms with E-state index in [4.69, 9.17) is 4.98 Å². The lowest BCUT2D eigenvalue weighted by Crippen LogP contribution is -2.11. The minimum atomic E-state index is 0.511. The van der Waals surface area contributed by atoms with Gasteiger partial charge in [-0.3, -0.25) is 9.97 Å². The van der Waals surface area contributed by atoms with Gasteiger partial charge in [0.25, 0.3) is 0 Å². The molecule has 0 N–H and O–H groups in total. The monoisotopic (exact) mass is 671 g/mol. The van der Waals surface area contributed by atoms with Crippen LogP contribution in [0.1, 0.15) is 228 Å². The maximum Gasteiger partial charge on any atom is 0.0435 e. The number of rotatable bonds is 11. The highest BCUT2D eigenvalue weighted by Gasteiger charge is 2.18. The Morgan fingerprint density at radius 1 is 0.449 bits per heavy atom. The topological polar surface area (TPSA) is 25.8 Å². The summed E-state index contributed by atoms with van der Waals surface area (Å²) < 4.78 is 0. The number of pyridine rings is 2. The molecule has 2 heterocycles. The highest BCUT2D eigenvalue weighted by molar-refractivity contribution is 5.40. The smallest absolute Gasteiger partial charge is 0.0435 e. The molecular formula is C47H78N2. The van der Waals surface area contributed by atoms with Crippen molar-refractivity contribution in [2.75, 3.05) is 0 Å². The number of aryl methyl sites for hydroxylation is 2. The lowest BCUT2D eigenvalue weighted by atomic mass is 9.86. The lowest BCUT2D eigenvalue weighted by molar-refractivity contribution is 0.604. The summed E-state index contributed by atoms with van der Waals surface area (Å²) in [5, 5.41) is 0. The fourth-order valence-electron chi connectivity index (χ4n) is 6.70. The third-order valence-corrected chi connectivity index (χ3v) is 9.43. The van der Waals surface area contributed by atoms with E-state index in [1.165, 1.54) is 62.4 Å². The molecule has 0 atom stereocenters. The Morgan fingerprint density at radius 2 is 0.878 bits per heavy atom. The van der Waals surface area contributed by atoms with Gasteiger partial charge in [0, 0.05) is 23.3 Å². The molecule has 276 valence electrons. The quantitative estimate of drug-likeness (QED) is 0.203. The maximum atomic E-state index is 4.74. The summed E-state index contributed by atoms with van der Waals surface area (Å²) in [4.78, 5) is 9.36. The molecule has 2 aromatic heterocycles. The van der Waals surface area contributed by atoms with Crippen molar-refractivity contribution in [3.63, 3.8) is 0 Å². The molecule has 0 amide bonds. The first-order valence-corrected chi connectivity index (χ1v) is 19.7. The van der Waals surface area contributed by atoms with Gasteiger partial charge in [-0.25, -0.2) is 0 Å². The van der Waals surface area contributed by atoms with Crippen molar-refractivity contribution in [2.24, 2.45) is 11.8 Å². The van der Waals surface area contributed by atoms with Gasteiger partial charge in [-0.05, 0) is 131 Å². The van der Waals surface area contributed by atoms with E-state index >= 15 is 0 Å². The largest absolute Gasteiger partial charge is 0.261 e. The van der Waals surface area contributed by atoms with Gasteiger partial charge in [0.1, 0.15) is 0 Å². The molecule has 0 fully saturated rings. The van der Waals surface area contributed by atoms with Crippen LogP contribution in [-0.4, -0.2) is 9.97 Å². The van der Waals surface area contributed by atoms with E-state index in [0.717, 1.165) is 6.42 Å². The van der Waals surface area contributed by atoms with E-state index in [0.29, 0.717) is 53.3 Å². The van der Waals surface area contributed by atoms with Crippen molar-refractivity contribution in [2.45, 2.75) is 193 Å². The van der Waals surface area contributed by atoms with Gasteiger partial charge >= 0.3 is 0 Å². The van der Waals surface area contributed by atoms with Crippen molar-refractivity contribution in [1.29, 1.82) is 0 Å². The molecule has 0 saturated carbocycles. The van der Waals surface area contributed by atoms with Gasteiger partial charge in [-0.15, -0.1) is 0 Å². The third-order valence-electron chi connectivity index (χ3n) is 9.43. The number of hydrogen-bond acceptors (Lipinski definition) is 2. The fourth-order valence-corrected chi connectivity index (χ4v) is 6.70. The summed E-state index contributed by atoms with van der Waals surface area (Å²) in [6, 6.07) is 9.39. The SMILES string of the molecule is CC(C)c1cc(C(C)C)cc(C(C)C)c1.Cc1nc(C(C)C)cc(C(C)C)c1C(C)C.Cc1ncc(CC(C)C)c(CC(C)C)c1C(C)C. The van der Waals surface area contributed by atoms with Crippen LogP contribution in [0, 0.1) is 25.7 Å². The van der Waals surface area contributed by atoms with Crippen molar-refractivity contribution in [3.8, 4) is 0 Å². The maximum absolute atomic E-state index is 4.74. The van der Waals surface area contributed by atoms with Crippen molar-refractivity contribution >= 4 is 0 Å². The Kier molecular flexibility index (Phi) is 18.5. The van der Waals surface area contributed by atoms with Crippen LogP contribution in [0.4, 0.5) is 0 Å². The van der Waals surface area contributed by atoms with Crippen LogP contribution in [0.15, 0.2) is 30.5 Å². The van der Waals surface area contributed by atoms with E-state index in [1.807, 2.05) is 0 Å². The first-order valence-electron chi connectivity index (χ1n) is 19.7. The first kappa shape index (κ1) is 44.5. The van der Waals surface area contributed by atoms with Crippen molar-refractivity contribution in [3.05, 3.63) is 92.1 Å². The van der Waals surface area contributed by atoms with Gasteiger partial charge in [0.15, 0.2) is 0 Å². The molecule has 0 radical (unpaired) electrons. The zero-order valence-corrected chi connectivity index (χ0v) is 35.9. The molecular weight excluding hydrogens is 593 g/mol. The second-order valence-electron chi connectivity index (χ2n) is 17.6. The summed E-state index contributed by atoms with van der Waals surface area (Å²) in [5.41, 5.74) is 15.5. The molecule has 0 saturated heterocycles. The molecule has 0 bridgehead atoms. The molecule has 3 aromatic rings. The molecule has 0 aliphatic heterocycles. The van der Waals surface area contributed by atoms with Crippen LogP contribution in [0.25, 0.3) is 0 Å². The molecule has 1 aromatic carbocycles. The highest BCUT2D eigenvalue weighted by atomic mass is 14.7. The number of aromatic nitrogens is 2. The van der Waals surface area contributed by atoms with E-state index < -0.39 is 0 Å². The molecule has 2 heteroatoms. The van der Waals surface area contributed by atoms with E-state index in [9.17, 15) is 0 Å². The van der Waals surface area contributed by atoms with Gasteiger partial charge in [-0.2, -0.15) is 0 Å². The Bertz CT molecular complexity index is 1350. The van der Waals surface area contributed by atoms with Crippen LogP contribution in [0.3, 0.4) is 0 Å². The summed E-state index contributed by atoms with van der Waals surface area (Å²) in [7, 11) is 0. The fraction of sp³-hybridized carbons (Fsp3) is 0.660. The zero-order chi connectivity index (χ0) is 37.9. The minimum Gasteiger partial charge on any atom is -0.261 e. The molecule has 0 unspecified atom stereocenters. The summed E-state index contributed by atoms with van der Waals surface area (Å²) >= 11 is 0. The van der Waals surface area contributed by atoms with Crippen LogP contribution in [0.5, 0.6) is 0 Å². The first-order chi connectivity index (χ1) is 22.6. The van der Waals surface area contributed by atoms with Crippen LogP contribution < -0.4 is 0 Å². The Labute approximate surface area is 305 Å². The Balaban J connectivity index is 0.000000369. The predicted octanol–water partition coefficient (Wildman–Crippen LogP) is 14.7. The summed E-state index contributed by atoms with van der Waals surface area (Å²) in [5.74, 6) is 5.50. The molecule has 49 heavy (non-hydrogen) atoms. The highest BCUT2D eigenvalue weighted by Crippen LogP contribution is 2.31. The number of nitrogens with zero attached hydrogens (tertiary/aromatic N) is 2. The van der Waals surface area contributed by atoms with Crippen LogP contribution >= 0.6 is 0 Å². The van der Waals surface area contributed by atoms with Gasteiger partial charge < -0.3 is 0 Å². The molecule has 2 nitrogen and oxygen atoms in total. The zero-order valence-electron chi connectivity index (χ0n) is 35.9. The van der Waals surface area contributed by atoms with E-state index in [1.54, 1.807) is 5.56 Å². The molecule has 3 rings (SSSR count). The van der Waals surface area contributed by atoms with Gasteiger partial charge in [0.05, 0.1) is 0 Å². The minimum absolute atomic E-state index is 0.511. The summed E-state index contributed by atoms with van der Waals surface area (Å²) in [6.45, 7) is 45.1.